The topological polar surface area (TPSA) is 102 Å². The van der Waals surface area contributed by atoms with E-state index < -0.39 is 23.6 Å². The Morgan fingerprint density at radius 2 is 1.89 bits per heavy atom. The molecule has 0 atom stereocenters. The van der Waals surface area contributed by atoms with Crippen molar-refractivity contribution >= 4 is 11.6 Å². The fourth-order valence-electron chi connectivity index (χ4n) is 4.00. The summed E-state index contributed by atoms with van der Waals surface area (Å²) in [5.41, 5.74) is 3.91. The van der Waals surface area contributed by atoms with Crippen molar-refractivity contribution in [2.75, 3.05) is 13.1 Å². The first-order valence-corrected chi connectivity index (χ1v) is 10.8. The van der Waals surface area contributed by atoms with E-state index in [1.165, 1.54) is 18.2 Å². The SMILES string of the molecule is Cc1cn2cc(-c3cc(O)c(-c4ccc(C5CNC5)nn4)c(OC(=O)C(F)(F)F)c3)cc(C)c2n1. The standard InChI is InChI=1S/C24H20F3N5O3/c1-12-5-15(11-32-10-13(2)29-22(12)32)14-6-19(33)21(20(7-14)35-23(34)24(25,26)27)18-4-3-17(30-31-18)16-8-28-9-16/h3-7,10-11,16,28,33H,8-9H2,1-2H3. The Kier molecular flexibility index (Phi) is 5.43. The van der Waals surface area contributed by atoms with Gasteiger partial charge in [0.25, 0.3) is 0 Å². The number of nitrogens with one attached hydrogen (secondary N) is 1. The molecule has 1 aliphatic rings. The predicted octanol–water partition coefficient (Wildman–Crippen LogP) is 3.94. The van der Waals surface area contributed by atoms with E-state index in [1.807, 2.05) is 13.8 Å². The first-order valence-electron chi connectivity index (χ1n) is 10.8. The van der Waals surface area contributed by atoms with Gasteiger partial charge in [-0.1, -0.05) is 0 Å². The zero-order valence-electron chi connectivity index (χ0n) is 18.7. The molecule has 0 saturated carbocycles. The van der Waals surface area contributed by atoms with Gasteiger partial charge >= 0.3 is 12.1 Å². The number of nitrogens with zero attached hydrogens (tertiary/aromatic N) is 4. The fourth-order valence-corrected chi connectivity index (χ4v) is 4.00. The number of imidazole rings is 1. The molecule has 2 N–H and O–H groups in total. The molecule has 4 heterocycles. The van der Waals surface area contributed by atoms with Gasteiger partial charge in [-0.15, -0.1) is 5.10 Å². The number of phenolic OH excluding ortho intramolecular Hbond substituents is 1. The molecule has 11 heteroatoms. The largest absolute Gasteiger partial charge is 0.507 e. The summed E-state index contributed by atoms with van der Waals surface area (Å²) >= 11 is 0. The third-order valence-electron chi connectivity index (χ3n) is 5.85. The Hall–Kier alpha value is -3.99. The third-order valence-corrected chi connectivity index (χ3v) is 5.85. The highest BCUT2D eigenvalue weighted by molar-refractivity contribution is 5.85. The molecule has 1 saturated heterocycles. The second kappa shape index (κ2) is 8.35. The van der Waals surface area contributed by atoms with Crippen LogP contribution in [0.2, 0.25) is 0 Å². The zero-order valence-corrected chi connectivity index (χ0v) is 18.7. The van der Waals surface area contributed by atoms with E-state index in [2.05, 4.69) is 20.5 Å². The summed E-state index contributed by atoms with van der Waals surface area (Å²) in [5.74, 6) is -3.09. The Morgan fingerprint density at radius 3 is 2.51 bits per heavy atom. The molecule has 180 valence electrons. The molecule has 3 aromatic heterocycles. The number of benzene rings is 1. The van der Waals surface area contributed by atoms with E-state index in [0.717, 1.165) is 35.7 Å². The fraction of sp³-hybridized carbons (Fsp3) is 0.250. The molecular formula is C24H20F3N5O3. The number of aromatic nitrogens is 4. The lowest BCUT2D eigenvalue weighted by atomic mass is 9.98. The van der Waals surface area contributed by atoms with E-state index in [9.17, 15) is 23.1 Å². The number of carbonyl (C=O) groups is 1. The van der Waals surface area contributed by atoms with Crippen LogP contribution in [0.4, 0.5) is 13.2 Å². The Balaban J connectivity index is 1.62. The number of aryl methyl sites for hydroxylation is 2. The number of alkyl halides is 3. The van der Waals surface area contributed by atoms with E-state index in [-0.39, 0.29) is 17.2 Å². The second-order valence-corrected chi connectivity index (χ2v) is 8.48. The smallest absolute Gasteiger partial charge is 0.491 e. The van der Waals surface area contributed by atoms with Crippen LogP contribution in [-0.2, 0) is 4.79 Å². The molecule has 8 nitrogen and oxygen atoms in total. The lowest BCUT2D eigenvalue weighted by molar-refractivity contribution is -0.189. The van der Waals surface area contributed by atoms with Crippen molar-refractivity contribution in [1.29, 1.82) is 0 Å². The van der Waals surface area contributed by atoms with Crippen LogP contribution < -0.4 is 10.1 Å². The highest BCUT2D eigenvalue weighted by Gasteiger charge is 2.42. The summed E-state index contributed by atoms with van der Waals surface area (Å²) in [6.07, 6.45) is -1.69. The van der Waals surface area contributed by atoms with Crippen molar-refractivity contribution in [2.24, 2.45) is 0 Å². The average Bonchev–Trinajstić information content (AvgIpc) is 3.13. The quantitative estimate of drug-likeness (QED) is 0.335. The number of fused-ring (bicyclic) bond motifs is 1. The first-order chi connectivity index (χ1) is 16.6. The third kappa shape index (κ3) is 4.30. The second-order valence-electron chi connectivity index (χ2n) is 8.48. The maximum atomic E-state index is 13.0. The normalized spacial score (nSPS) is 14.2. The summed E-state index contributed by atoms with van der Waals surface area (Å²) in [6, 6.07) is 7.66. The number of aromatic hydroxyl groups is 1. The van der Waals surface area contributed by atoms with Crippen molar-refractivity contribution in [2.45, 2.75) is 25.9 Å². The van der Waals surface area contributed by atoms with Crippen LogP contribution in [0.5, 0.6) is 11.5 Å². The molecule has 5 rings (SSSR count). The Bertz CT molecular complexity index is 1440. The van der Waals surface area contributed by atoms with Gasteiger partial charge in [-0.05, 0) is 60.9 Å². The lowest BCUT2D eigenvalue weighted by Crippen LogP contribution is -2.40. The highest BCUT2D eigenvalue weighted by Crippen LogP contribution is 2.42. The van der Waals surface area contributed by atoms with Gasteiger partial charge in [0.2, 0.25) is 0 Å². The predicted molar refractivity (Wildman–Crippen MR) is 120 cm³/mol. The molecule has 0 unspecified atom stereocenters. The Labute approximate surface area is 197 Å². The molecule has 35 heavy (non-hydrogen) atoms. The molecule has 1 aliphatic heterocycles. The molecular weight excluding hydrogens is 463 g/mol. The maximum Gasteiger partial charge on any atom is 0.491 e. The number of ether oxygens (including phenoxy) is 1. The monoisotopic (exact) mass is 483 g/mol. The van der Waals surface area contributed by atoms with Gasteiger partial charge in [-0.25, -0.2) is 9.78 Å². The number of pyridine rings is 1. The summed E-state index contributed by atoms with van der Waals surface area (Å²) in [4.78, 5) is 16.1. The van der Waals surface area contributed by atoms with E-state index in [1.54, 1.807) is 28.9 Å². The van der Waals surface area contributed by atoms with E-state index in [4.69, 9.17) is 4.74 Å². The Morgan fingerprint density at radius 1 is 1.11 bits per heavy atom. The van der Waals surface area contributed by atoms with Gasteiger partial charge in [-0.3, -0.25) is 0 Å². The van der Waals surface area contributed by atoms with Crippen LogP contribution in [0.25, 0.3) is 28.0 Å². The van der Waals surface area contributed by atoms with Gasteiger partial charge < -0.3 is 19.6 Å². The van der Waals surface area contributed by atoms with Crippen LogP contribution in [0, 0.1) is 13.8 Å². The molecule has 0 spiro atoms. The average molecular weight is 483 g/mol. The van der Waals surface area contributed by atoms with Crippen LogP contribution in [-0.4, -0.2) is 49.9 Å². The van der Waals surface area contributed by atoms with E-state index >= 15 is 0 Å². The first kappa shape index (κ1) is 22.8. The minimum absolute atomic E-state index is 0.0759. The van der Waals surface area contributed by atoms with E-state index in [0.29, 0.717) is 11.1 Å². The van der Waals surface area contributed by atoms with Gasteiger partial charge in [0.15, 0.2) is 0 Å². The molecule has 0 bridgehead atoms. The number of esters is 1. The number of rotatable bonds is 4. The number of halogens is 3. The summed E-state index contributed by atoms with van der Waals surface area (Å²) in [6.45, 7) is 5.19. The lowest BCUT2D eigenvalue weighted by Gasteiger charge is -2.26. The molecule has 0 amide bonds. The van der Waals surface area contributed by atoms with Crippen LogP contribution >= 0.6 is 0 Å². The van der Waals surface area contributed by atoms with Crippen LogP contribution in [0.15, 0.2) is 42.7 Å². The molecule has 1 aromatic carbocycles. The number of hydrogen-bond donors (Lipinski definition) is 2. The molecule has 1 fully saturated rings. The number of carbonyl (C=O) groups excluding carboxylic acids is 1. The van der Waals surface area contributed by atoms with Gasteiger partial charge in [0, 0.05) is 31.4 Å². The summed E-state index contributed by atoms with van der Waals surface area (Å²) in [7, 11) is 0. The molecule has 0 radical (unpaired) electrons. The van der Waals surface area contributed by atoms with Gasteiger partial charge in [0.05, 0.1) is 17.0 Å². The minimum atomic E-state index is -5.22. The van der Waals surface area contributed by atoms with Gasteiger partial charge in [-0.2, -0.15) is 18.3 Å². The summed E-state index contributed by atoms with van der Waals surface area (Å²) in [5, 5.41) is 22.2. The van der Waals surface area contributed by atoms with Gasteiger partial charge in [0.1, 0.15) is 22.8 Å². The highest BCUT2D eigenvalue weighted by atomic mass is 19.4. The van der Waals surface area contributed by atoms with Crippen molar-refractivity contribution in [1.82, 2.24) is 24.9 Å². The van der Waals surface area contributed by atoms with Crippen molar-refractivity contribution < 1.29 is 27.8 Å². The number of hydrogen-bond acceptors (Lipinski definition) is 7. The minimum Gasteiger partial charge on any atom is -0.507 e. The van der Waals surface area contributed by atoms with Crippen LogP contribution in [0.1, 0.15) is 22.9 Å². The van der Waals surface area contributed by atoms with Crippen molar-refractivity contribution in [3.63, 3.8) is 0 Å². The zero-order chi connectivity index (χ0) is 24.9. The molecule has 0 aliphatic carbocycles. The molecule has 4 aromatic rings. The maximum absolute atomic E-state index is 13.0. The van der Waals surface area contributed by atoms with Crippen LogP contribution in [0.3, 0.4) is 0 Å². The number of phenols is 1. The van der Waals surface area contributed by atoms with Crippen molar-refractivity contribution in [3.05, 3.63) is 59.7 Å². The summed E-state index contributed by atoms with van der Waals surface area (Å²) < 4.78 is 45.6. The van der Waals surface area contributed by atoms with Crippen molar-refractivity contribution in [3.8, 4) is 33.9 Å².